The number of primary amides is 1. The summed E-state index contributed by atoms with van der Waals surface area (Å²) in [6, 6.07) is 12.2. The molecule has 3 aromatic rings. The van der Waals surface area contributed by atoms with Crippen LogP contribution >= 0.6 is 0 Å². The van der Waals surface area contributed by atoms with Crippen molar-refractivity contribution in [2.75, 3.05) is 5.73 Å². The van der Waals surface area contributed by atoms with Crippen molar-refractivity contribution in [2.45, 2.75) is 0 Å². The summed E-state index contributed by atoms with van der Waals surface area (Å²) >= 11 is 0. The van der Waals surface area contributed by atoms with Crippen LogP contribution in [0.1, 0.15) is 10.6 Å². The smallest absolute Gasteiger partial charge is 0.286 e. The number of nitrogen functional groups attached to an aromatic ring is 1. The largest absolute Gasteiger partial charge is 0.508 e. The van der Waals surface area contributed by atoms with Crippen molar-refractivity contribution in [2.24, 2.45) is 5.73 Å². The van der Waals surface area contributed by atoms with Gasteiger partial charge < -0.3 is 21.0 Å². The highest BCUT2D eigenvalue weighted by Crippen LogP contribution is 2.32. The Morgan fingerprint density at radius 2 is 1.85 bits per heavy atom. The summed E-state index contributed by atoms with van der Waals surface area (Å²) < 4.78 is 5.39. The molecule has 5 N–H and O–H groups in total. The molecule has 0 saturated carbocycles. The van der Waals surface area contributed by atoms with Crippen LogP contribution in [-0.2, 0) is 0 Å². The number of nitrogens with two attached hydrogens (primary N) is 2. The molecular weight excluding hydrogens is 256 g/mol. The monoisotopic (exact) mass is 268 g/mol. The average molecular weight is 268 g/mol. The third kappa shape index (κ3) is 1.85. The lowest BCUT2D eigenvalue weighted by Gasteiger charge is -2.02. The minimum atomic E-state index is -0.697. The highest BCUT2D eigenvalue weighted by molar-refractivity contribution is 6.05. The molecule has 0 fully saturated rings. The van der Waals surface area contributed by atoms with Crippen molar-refractivity contribution in [1.82, 2.24) is 0 Å². The van der Waals surface area contributed by atoms with Gasteiger partial charge in [-0.2, -0.15) is 0 Å². The van der Waals surface area contributed by atoms with Crippen molar-refractivity contribution < 1.29 is 14.3 Å². The standard InChI is InChI=1S/C15H12N2O3/c16-13-11-5-4-9(8-2-1-3-10(18)6-8)7-12(11)20-14(13)15(17)19/h1-7,18H,16H2,(H2,17,19). The van der Waals surface area contributed by atoms with E-state index in [1.165, 1.54) is 0 Å². The second-order valence-electron chi connectivity index (χ2n) is 4.47. The Kier molecular flexibility index (Phi) is 2.61. The number of phenols is 1. The summed E-state index contributed by atoms with van der Waals surface area (Å²) in [5, 5.41) is 10.1. The van der Waals surface area contributed by atoms with Crippen molar-refractivity contribution in [1.29, 1.82) is 0 Å². The van der Waals surface area contributed by atoms with Crippen LogP contribution in [0.25, 0.3) is 22.1 Å². The third-order valence-corrected chi connectivity index (χ3v) is 3.13. The van der Waals surface area contributed by atoms with Gasteiger partial charge in [-0.1, -0.05) is 18.2 Å². The molecule has 5 heteroatoms. The molecule has 5 nitrogen and oxygen atoms in total. The summed E-state index contributed by atoms with van der Waals surface area (Å²) in [6.07, 6.45) is 0. The topological polar surface area (TPSA) is 102 Å². The van der Waals surface area contributed by atoms with Gasteiger partial charge in [0.2, 0.25) is 5.76 Å². The Bertz CT molecular complexity index is 821. The second kappa shape index (κ2) is 4.31. The van der Waals surface area contributed by atoms with E-state index in [-0.39, 0.29) is 17.2 Å². The Hall–Kier alpha value is -2.95. The van der Waals surface area contributed by atoms with E-state index in [4.69, 9.17) is 15.9 Å². The number of aromatic hydroxyl groups is 1. The van der Waals surface area contributed by atoms with E-state index in [9.17, 15) is 9.90 Å². The summed E-state index contributed by atoms with van der Waals surface area (Å²) in [4.78, 5) is 11.2. The van der Waals surface area contributed by atoms with E-state index in [1.54, 1.807) is 30.3 Å². The molecule has 1 aromatic heterocycles. The molecule has 1 heterocycles. The van der Waals surface area contributed by atoms with Gasteiger partial charge in [-0.15, -0.1) is 0 Å². The lowest BCUT2D eigenvalue weighted by Crippen LogP contribution is -2.11. The number of furan rings is 1. The number of hydrogen-bond acceptors (Lipinski definition) is 4. The van der Waals surface area contributed by atoms with E-state index in [1.807, 2.05) is 12.1 Å². The molecule has 0 radical (unpaired) electrons. The number of hydrogen-bond donors (Lipinski definition) is 3. The maximum absolute atomic E-state index is 11.2. The summed E-state index contributed by atoms with van der Waals surface area (Å²) in [6.45, 7) is 0. The number of anilines is 1. The molecule has 0 aliphatic rings. The van der Waals surface area contributed by atoms with Crippen LogP contribution in [0.4, 0.5) is 5.69 Å². The van der Waals surface area contributed by atoms with E-state index >= 15 is 0 Å². The van der Waals surface area contributed by atoms with E-state index in [0.29, 0.717) is 11.0 Å². The molecular formula is C15H12N2O3. The molecule has 2 aromatic carbocycles. The fourth-order valence-corrected chi connectivity index (χ4v) is 2.16. The van der Waals surface area contributed by atoms with Crippen LogP contribution in [0.3, 0.4) is 0 Å². The Morgan fingerprint density at radius 3 is 2.55 bits per heavy atom. The lowest BCUT2D eigenvalue weighted by atomic mass is 10.0. The van der Waals surface area contributed by atoms with Crippen molar-refractivity contribution >= 4 is 22.6 Å². The molecule has 0 bridgehead atoms. The van der Waals surface area contributed by atoms with Gasteiger partial charge in [-0.3, -0.25) is 4.79 Å². The first kappa shape index (κ1) is 12.1. The van der Waals surface area contributed by atoms with Crippen molar-refractivity contribution in [3.05, 3.63) is 48.2 Å². The van der Waals surface area contributed by atoms with Gasteiger partial charge in [-0.05, 0) is 35.4 Å². The average Bonchev–Trinajstić information content (AvgIpc) is 2.76. The Labute approximate surface area is 114 Å². The zero-order valence-corrected chi connectivity index (χ0v) is 10.5. The van der Waals surface area contributed by atoms with E-state index in [0.717, 1.165) is 11.1 Å². The first-order valence-corrected chi connectivity index (χ1v) is 5.97. The van der Waals surface area contributed by atoms with E-state index in [2.05, 4.69) is 0 Å². The van der Waals surface area contributed by atoms with Gasteiger partial charge >= 0.3 is 0 Å². The highest BCUT2D eigenvalue weighted by atomic mass is 16.3. The van der Waals surface area contributed by atoms with Crippen LogP contribution in [0.2, 0.25) is 0 Å². The first-order chi connectivity index (χ1) is 9.56. The van der Waals surface area contributed by atoms with Gasteiger partial charge in [0.05, 0.1) is 5.69 Å². The number of carbonyl (C=O) groups is 1. The van der Waals surface area contributed by atoms with Gasteiger partial charge in [-0.25, -0.2) is 0 Å². The lowest BCUT2D eigenvalue weighted by molar-refractivity contribution is 0.0977. The minimum absolute atomic E-state index is 0.0342. The molecule has 0 unspecified atom stereocenters. The Balaban J connectivity index is 2.18. The molecule has 0 atom stereocenters. The highest BCUT2D eigenvalue weighted by Gasteiger charge is 2.16. The normalized spacial score (nSPS) is 10.8. The first-order valence-electron chi connectivity index (χ1n) is 5.97. The molecule has 20 heavy (non-hydrogen) atoms. The van der Waals surface area contributed by atoms with E-state index < -0.39 is 5.91 Å². The zero-order chi connectivity index (χ0) is 14.3. The SMILES string of the molecule is NC(=O)c1oc2cc(-c3cccc(O)c3)ccc2c1N. The van der Waals surface area contributed by atoms with Crippen LogP contribution < -0.4 is 11.5 Å². The van der Waals surface area contributed by atoms with Gasteiger partial charge in [0.1, 0.15) is 11.3 Å². The molecule has 0 saturated heterocycles. The van der Waals surface area contributed by atoms with Gasteiger partial charge in [0.25, 0.3) is 5.91 Å². The number of rotatable bonds is 2. The van der Waals surface area contributed by atoms with Gasteiger partial charge in [0.15, 0.2) is 0 Å². The van der Waals surface area contributed by atoms with Crippen molar-refractivity contribution in [3.8, 4) is 16.9 Å². The number of benzene rings is 2. The van der Waals surface area contributed by atoms with Crippen LogP contribution in [0, 0.1) is 0 Å². The number of fused-ring (bicyclic) bond motifs is 1. The van der Waals surface area contributed by atoms with Crippen LogP contribution in [0.5, 0.6) is 5.75 Å². The molecule has 1 amide bonds. The number of phenolic OH excluding ortho intramolecular Hbond substituents is 1. The van der Waals surface area contributed by atoms with Crippen molar-refractivity contribution in [3.63, 3.8) is 0 Å². The molecule has 0 spiro atoms. The molecule has 3 rings (SSSR count). The maximum atomic E-state index is 11.2. The predicted octanol–water partition coefficient (Wildman–Crippen LogP) is 2.49. The quantitative estimate of drug-likeness (QED) is 0.664. The molecule has 0 aliphatic heterocycles. The van der Waals surface area contributed by atoms with Crippen LogP contribution in [-0.4, -0.2) is 11.0 Å². The Morgan fingerprint density at radius 1 is 1.10 bits per heavy atom. The number of carbonyl (C=O) groups excluding carboxylic acids is 1. The fraction of sp³-hybridized carbons (Fsp3) is 0. The molecule has 100 valence electrons. The number of amides is 1. The van der Waals surface area contributed by atoms with Gasteiger partial charge in [0, 0.05) is 5.39 Å². The summed E-state index contributed by atoms with van der Waals surface area (Å²) in [7, 11) is 0. The second-order valence-corrected chi connectivity index (χ2v) is 4.47. The predicted molar refractivity (Wildman–Crippen MR) is 76.2 cm³/mol. The summed E-state index contributed by atoms with van der Waals surface area (Å²) in [5.41, 5.74) is 13.4. The fourth-order valence-electron chi connectivity index (χ4n) is 2.16. The van der Waals surface area contributed by atoms with Crippen LogP contribution in [0.15, 0.2) is 46.9 Å². The third-order valence-electron chi connectivity index (χ3n) is 3.13. The molecule has 0 aliphatic carbocycles. The maximum Gasteiger partial charge on any atom is 0.286 e. The minimum Gasteiger partial charge on any atom is -0.508 e. The zero-order valence-electron chi connectivity index (χ0n) is 10.5. The summed E-state index contributed by atoms with van der Waals surface area (Å²) in [5.74, 6) is -0.551.